The van der Waals surface area contributed by atoms with E-state index in [1.807, 2.05) is 0 Å². The molecule has 3 rings (SSSR count). The fourth-order valence-electron chi connectivity index (χ4n) is 3.36. The highest BCUT2D eigenvalue weighted by Crippen LogP contribution is 2.27. The second kappa shape index (κ2) is 9.87. The van der Waals surface area contributed by atoms with E-state index < -0.39 is 5.82 Å². The van der Waals surface area contributed by atoms with Gasteiger partial charge >= 0.3 is 0 Å². The molecule has 0 radical (unpaired) electrons. The summed E-state index contributed by atoms with van der Waals surface area (Å²) in [5.74, 6) is -0.478. The van der Waals surface area contributed by atoms with Gasteiger partial charge in [0.05, 0.1) is 5.69 Å². The Labute approximate surface area is 170 Å². The van der Waals surface area contributed by atoms with Gasteiger partial charge in [0.1, 0.15) is 18.2 Å². The highest BCUT2D eigenvalue weighted by atomic mass is 19.1. The predicted octanol–water partition coefficient (Wildman–Crippen LogP) is 5.16. The fraction of sp³-hybridized carbons (Fsp3) is 0.304. The lowest BCUT2D eigenvalue weighted by Gasteiger charge is -2.21. The average molecular weight is 396 g/mol. The minimum Gasteiger partial charge on any atom is -0.490 e. The molecule has 2 N–H and O–H groups in total. The number of hydrogen-bond donors (Lipinski definition) is 2. The van der Waals surface area contributed by atoms with Crippen LogP contribution in [0.15, 0.2) is 55.1 Å². The number of nitrogens with one attached hydrogen (secondary N) is 2. The van der Waals surface area contributed by atoms with Gasteiger partial charge in [-0.05, 0) is 55.3 Å². The van der Waals surface area contributed by atoms with E-state index in [4.69, 9.17) is 4.74 Å². The zero-order chi connectivity index (χ0) is 20.6. The summed E-state index contributed by atoms with van der Waals surface area (Å²) in [4.78, 5) is 24.9. The number of halogens is 1. The number of hydrogen-bond acceptors (Lipinski definition) is 3. The molecule has 6 heteroatoms. The van der Waals surface area contributed by atoms with Gasteiger partial charge in [-0.25, -0.2) is 4.39 Å². The zero-order valence-electron chi connectivity index (χ0n) is 16.2. The molecule has 29 heavy (non-hydrogen) atoms. The molecule has 1 fully saturated rings. The van der Waals surface area contributed by atoms with Crippen LogP contribution in [0.2, 0.25) is 0 Å². The first-order valence-corrected chi connectivity index (χ1v) is 9.82. The van der Waals surface area contributed by atoms with Gasteiger partial charge in [-0.15, -0.1) is 0 Å². The van der Waals surface area contributed by atoms with Crippen LogP contribution in [0.5, 0.6) is 5.75 Å². The van der Waals surface area contributed by atoms with E-state index in [-0.39, 0.29) is 23.4 Å². The molecule has 0 unspecified atom stereocenters. The fourth-order valence-corrected chi connectivity index (χ4v) is 3.36. The number of rotatable bonds is 7. The summed E-state index contributed by atoms with van der Waals surface area (Å²) < 4.78 is 19.5. The van der Waals surface area contributed by atoms with Crippen molar-refractivity contribution in [1.82, 2.24) is 0 Å². The molecule has 2 aromatic carbocycles. The van der Waals surface area contributed by atoms with Crippen LogP contribution in [-0.4, -0.2) is 18.4 Å². The molecule has 2 aromatic rings. The van der Waals surface area contributed by atoms with Crippen molar-refractivity contribution in [3.8, 4) is 5.75 Å². The minimum atomic E-state index is -0.532. The topological polar surface area (TPSA) is 67.4 Å². The molecule has 1 aliphatic carbocycles. The summed E-state index contributed by atoms with van der Waals surface area (Å²) >= 11 is 0. The van der Waals surface area contributed by atoms with Crippen molar-refractivity contribution in [3.63, 3.8) is 0 Å². The quantitative estimate of drug-likeness (QED) is 0.635. The monoisotopic (exact) mass is 396 g/mol. The predicted molar refractivity (Wildman–Crippen MR) is 112 cm³/mol. The summed E-state index contributed by atoms with van der Waals surface area (Å²) in [7, 11) is 0. The van der Waals surface area contributed by atoms with Crippen molar-refractivity contribution >= 4 is 23.2 Å². The SMILES string of the molecule is C=CCOc1ccc(C(=O)Nc2ccc(F)c(NC(=O)C3CCCCC3)c2)cc1. The standard InChI is InChI=1S/C23H25FN2O3/c1-2-14-29-19-11-8-17(9-12-19)22(27)25-18-10-13-20(24)21(15-18)26-23(28)16-6-4-3-5-7-16/h2,8-13,15-16H,1,3-7,14H2,(H,25,27)(H,26,28). The number of ether oxygens (including phenoxy) is 1. The van der Waals surface area contributed by atoms with E-state index in [1.54, 1.807) is 30.3 Å². The van der Waals surface area contributed by atoms with Crippen molar-refractivity contribution in [2.75, 3.05) is 17.2 Å². The largest absolute Gasteiger partial charge is 0.490 e. The van der Waals surface area contributed by atoms with Crippen LogP contribution in [0.25, 0.3) is 0 Å². The van der Waals surface area contributed by atoms with Gasteiger partial charge < -0.3 is 15.4 Å². The first-order chi connectivity index (χ1) is 14.1. The van der Waals surface area contributed by atoms with Crippen LogP contribution in [0, 0.1) is 11.7 Å². The van der Waals surface area contributed by atoms with Gasteiger partial charge in [0.25, 0.3) is 5.91 Å². The first-order valence-electron chi connectivity index (χ1n) is 9.82. The average Bonchev–Trinajstić information content (AvgIpc) is 2.75. The molecule has 152 valence electrons. The smallest absolute Gasteiger partial charge is 0.255 e. The highest BCUT2D eigenvalue weighted by Gasteiger charge is 2.22. The molecule has 0 saturated heterocycles. The molecule has 0 aliphatic heterocycles. The lowest BCUT2D eigenvalue weighted by molar-refractivity contribution is -0.120. The third kappa shape index (κ3) is 5.67. The molecule has 5 nitrogen and oxygen atoms in total. The van der Waals surface area contributed by atoms with Crippen molar-refractivity contribution < 1.29 is 18.7 Å². The Hall–Kier alpha value is -3.15. The lowest BCUT2D eigenvalue weighted by atomic mass is 9.88. The normalized spacial score (nSPS) is 14.1. The molecular formula is C23H25FN2O3. The van der Waals surface area contributed by atoms with E-state index in [0.717, 1.165) is 32.1 Å². The number of carbonyl (C=O) groups is 2. The van der Waals surface area contributed by atoms with Crippen LogP contribution in [-0.2, 0) is 4.79 Å². The Bertz CT molecular complexity index is 874. The summed E-state index contributed by atoms with van der Waals surface area (Å²) in [5.41, 5.74) is 0.918. The maximum absolute atomic E-state index is 14.2. The Morgan fingerprint density at radius 1 is 1.07 bits per heavy atom. The zero-order valence-corrected chi connectivity index (χ0v) is 16.2. The van der Waals surface area contributed by atoms with Crippen molar-refractivity contribution in [2.24, 2.45) is 5.92 Å². The van der Waals surface area contributed by atoms with Crippen molar-refractivity contribution in [2.45, 2.75) is 32.1 Å². The van der Waals surface area contributed by atoms with Crippen LogP contribution in [0.3, 0.4) is 0 Å². The molecule has 0 heterocycles. The van der Waals surface area contributed by atoms with E-state index in [2.05, 4.69) is 17.2 Å². The summed E-state index contributed by atoms with van der Waals surface area (Å²) in [6, 6.07) is 10.8. The van der Waals surface area contributed by atoms with Crippen molar-refractivity contribution in [3.05, 3.63) is 66.5 Å². The molecule has 0 atom stereocenters. The van der Waals surface area contributed by atoms with E-state index >= 15 is 0 Å². The Morgan fingerprint density at radius 3 is 2.48 bits per heavy atom. The van der Waals surface area contributed by atoms with Crippen LogP contribution in [0.1, 0.15) is 42.5 Å². The number of amides is 2. The summed E-state index contributed by atoms with van der Waals surface area (Å²) in [5, 5.41) is 5.40. The van der Waals surface area contributed by atoms with Gasteiger partial charge in [-0.1, -0.05) is 31.9 Å². The summed E-state index contributed by atoms with van der Waals surface area (Å²) in [6.45, 7) is 3.97. The molecule has 0 bridgehead atoms. The van der Waals surface area contributed by atoms with Crippen LogP contribution >= 0.6 is 0 Å². The highest BCUT2D eigenvalue weighted by molar-refractivity contribution is 6.04. The minimum absolute atomic E-state index is 0.0755. The maximum atomic E-state index is 14.2. The van der Waals surface area contributed by atoms with E-state index in [0.29, 0.717) is 23.6 Å². The Morgan fingerprint density at radius 2 is 1.79 bits per heavy atom. The second-order valence-electron chi connectivity index (χ2n) is 7.10. The van der Waals surface area contributed by atoms with Gasteiger partial charge in [0.2, 0.25) is 5.91 Å². The van der Waals surface area contributed by atoms with Gasteiger partial charge in [0, 0.05) is 17.2 Å². The third-order valence-electron chi connectivity index (χ3n) is 4.94. The second-order valence-corrected chi connectivity index (χ2v) is 7.10. The number of carbonyl (C=O) groups excluding carboxylic acids is 2. The number of anilines is 2. The molecule has 0 aromatic heterocycles. The van der Waals surface area contributed by atoms with Gasteiger partial charge in [0.15, 0.2) is 0 Å². The molecule has 1 aliphatic rings. The molecular weight excluding hydrogens is 371 g/mol. The first kappa shape index (κ1) is 20.6. The van der Waals surface area contributed by atoms with E-state index in [9.17, 15) is 14.0 Å². The molecule has 1 saturated carbocycles. The molecule has 0 spiro atoms. The Kier molecular flexibility index (Phi) is 7.00. The third-order valence-corrected chi connectivity index (χ3v) is 4.94. The van der Waals surface area contributed by atoms with Gasteiger partial charge in [-0.2, -0.15) is 0 Å². The van der Waals surface area contributed by atoms with Gasteiger partial charge in [-0.3, -0.25) is 9.59 Å². The number of benzene rings is 2. The lowest BCUT2D eigenvalue weighted by Crippen LogP contribution is -2.25. The summed E-state index contributed by atoms with van der Waals surface area (Å²) in [6.07, 6.45) is 6.48. The van der Waals surface area contributed by atoms with Crippen molar-refractivity contribution in [1.29, 1.82) is 0 Å². The van der Waals surface area contributed by atoms with Crippen LogP contribution in [0.4, 0.5) is 15.8 Å². The molecule has 2 amide bonds. The van der Waals surface area contributed by atoms with E-state index in [1.165, 1.54) is 18.2 Å². The van der Waals surface area contributed by atoms with Crippen LogP contribution < -0.4 is 15.4 Å². The maximum Gasteiger partial charge on any atom is 0.255 e. The Balaban J connectivity index is 1.64.